The normalized spacial score (nSPS) is 27.2. The van der Waals surface area contributed by atoms with Gasteiger partial charge < -0.3 is 15.0 Å². The van der Waals surface area contributed by atoms with Crippen LogP contribution in [0.25, 0.3) is 0 Å². The van der Waals surface area contributed by atoms with Crippen molar-refractivity contribution in [1.82, 2.24) is 10.2 Å². The van der Waals surface area contributed by atoms with Crippen molar-refractivity contribution < 1.29 is 15.0 Å². The van der Waals surface area contributed by atoms with Gasteiger partial charge in [-0.1, -0.05) is 0 Å². The van der Waals surface area contributed by atoms with Gasteiger partial charge in [-0.3, -0.25) is 5.10 Å². The predicted molar refractivity (Wildman–Crippen MR) is 80.7 cm³/mol. The topological polar surface area (TPSA) is 86.2 Å². The Kier molecular flexibility index (Phi) is 4.17. The number of aromatic nitrogens is 2. The molecular formula is C15H21ClN2O3. The van der Waals surface area contributed by atoms with E-state index in [4.69, 9.17) is 0 Å². The number of aryl methyl sites for hydroxylation is 2. The van der Waals surface area contributed by atoms with Crippen LogP contribution in [0.4, 0.5) is 0 Å². The van der Waals surface area contributed by atoms with Gasteiger partial charge in [0.2, 0.25) is 0 Å². The predicted octanol–water partition coefficient (Wildman–Crippen LogP) is 2.48. The molecule has 1 aromatic heterocycles. The fraction of sp³-hybridized carbons (Fsp3) is 0.600. The molecule has 1 saturated carbocycles. The zero-order valence-corrected chi connectivity index (χ0v) is 13.0. The molecule has 21 heavy (non-hydrogen) atoms. The van der Waals surface area contributed by atoms with E-state index >= 15 is 0 Å². The van der Waals surface area contributed by atoms with E-state index < -0.39 is 11.5 Å². The SMILES string of the molecule is Cc1n[nH]c(C)c1C1CC(O)=C(C2(C=O)CC2)C(O)C1.Cl. The van der Waals surface area contributed by atoms with E-state index in [0.29, 0.717) is 18.4 Å². The number of hydrogen-bond donors (Lipinski definition) is 3. The molecule has 0 amide bonds. The summed E-state index contributed by atoms with van der Waals surface area (Å²) in [5, 5.41) is 27.8. The Morgan fingerprint density at radius 1 is 1.38 bits per heavy atom. The van der Waals surface area contributed by atoms with Crippen molar-refractivity contribution >= 4 is 18.7 Å². The van der Waals surface area contributed by atoms with Gasteiger partial charge in [-0.25, -0.2) is 0 Å². The lowest BCUT2D eigenvalue weighted by Crippen LogP contribution is -2.29. The molecule has 1 heterocycles. The van der Waals surface area contributed by atoms with Crippen LogP contribution in [-0.2, 0) is 4.79 Å². The summed E-state index contributed by atoms with van der Waals surface area (Å²) in [6.45, 7) is 3.88. The minimum atomic E-state index is -0.741. The third kappa shape index (κ3) is 2.49. The van der Waals surface area contributed by atoms with Gasteiger partial charge in [0.25, 0.3) is 0 Å². The number of aliphatic hydroxyl groups excluding tert-OH is 2. The minimum absolute atomic E-state index is 0. The van der Waals surface area contributed by atoms with Crippen LogP contribution >= 0.6 is 12.4 Å². The zero-order chi connectivity index (χ0) is 14.5. The maximum atomic E-state index is 11.2. The van der Waals surface area contributed by atoms with Crippen LogP contribution in [0.15, 0.2) is 11.3 Å². The Labute approximate surface area is 129 Å². The van der Waals surface area contributed by atoms with Crippen molar-refractivity contribution in [1.29, 1.82) is 0 Å². The monoisotopic (exact) mass is 312 g/mol. The van der Waals surface area contributed by atoms with Crippen LogP contribution < -0.4 is 0 Å². The highest BCUT2D eigenvalue weighted by atomic mass is 35.5. The molecule has 2 atom stereocenters. The van der Waals surface area contributed by atoms with E-state index in [1.165, 1.54) is 0 Å². The molecule has 2 aliphatic rings. The number of nitrogens with one attached hydrogen (secondary N) is 1. The van der Waals surface area contributed by atoms with Crippen LogP contribution in [0, 0.1) is 19.3 Å². The van der Waals surface area contributed by atoms with Crippen molar-refractivity contribution in [2.75, 3.05) is 0 Å². The lowest BCUT2D eigenvalue weighted by molar-refractivity contribution is -0.111. The van der Waals surface area contributed by atoms with Crippen molar-refractivity contribution in [3.05, 3.63) is 28.3 Å². The molecular weight excluding hydrogens is 292 g/mol. The fourth-order valence-corrected chi connectivity index (χ4v) is 3.59. The number of halogens is 1. The molecule has 1 fully saturated rings. The average molecular weight is 313 g/mol. The van der Waals surface area contributed by atoms with Crippen LogP contribution in [0.5, 0.6) is 0 Å². The molecule has 2 unspecified atom stereocenters. The Bertz CT molecular complexity index is 570. The molecule has 3 rings (SSSR count). The molecule has 6 heteroatoms. The molecule has 0 aliphatic heterocycles. The third-order valence-corrected chi connectivity index (χ3v) is 4.74. The Balaban J connectivity index is 0.00000161. The lowest BCUT2D eigenvalue weighted by atomic mass is 9.76. The molecule has 0 bridgehead atoms. The number of carbonyl (C=O) groups is 1. The Morgan fingerprint density at radius 2 is 2.05 bits per heavy atom. The third-order valence-electron chi connectivity index (χ3n) is 4.74. The standard InChI is InChI=1S/C15H20N2O3.ClH/c1-8-13(9(2)17-16-8)10-5-11(19)14(12(20)6-10)15(7-18)3-4-15;/h7,10-11,19-20H,3-6H2,1-2H3,(H,16,17);1H. The van der Waals surface area contributed by atoms with Crippen LogP contribution in [0.3, 0.4) is 0 Å². The van der Waals surface area contributed by atoms with Gasteiger partial charge in [0.15, 0.2) is 0 Å². The summed E-state index contributed by atoms with van der Waals surface area (Å²) in [6, 6.07) is 0. The second-order valence-corrected chi connectivity index (χ2v) is 6.13. The van der Waals surface area contributed by atoms with Crippen molar-refractivity contribution in [3.8, 4) is 0 Å². The van der Waals surface area contributed by atoms with E-state index in [9.17, 15) is 15.0 Å². The number of rotatable bonds is 3. The molecule has 116 valence electrons. The van der Waals surface area contributed by atoms with Crippen molar-refractivity contribution in [2.24, 2.45) is 5.41 Å². The van der Waals surface area contributed by atoms with Gasteiger partial charge in [-0.2, -0.15) is 5.10 Å². The van der Waals surface area contributed by atoms with E-state index in [2.05, 4.69) is 10.2 Å². The number of nitrogens with zero attached hydrogens (tertiary/aromatic N) is 1. The van der Waals surface area contributed by atoms with Crippen molar-refractivity contribution in [2.45, 2.75) is 51.6 Å². The second-order valence-electron chi connectivity index (χ2n) is 6.13. The summed E-state index contributed by atoms with van der Waals surface area (Å²) in [5.74, 6) is 0.244. The molecule has 0 aromatic carbocycles. The Morgan fingerprint density at radius 3 is 2.48 bits per heavy atom. The van der Waals surface area contributed by atoms with Gasteiger partial charge >= 0.3 is 0 Å². The highest BCUT2D eigenvalue weighted by Crippen LogP contribution is 2.55. The smallest absolute Gasteiger partial charge is 0.130 e. The van der Waals surface area contributed by atoms with E-state index in [1.54, 1.807) is 0 Å². The molecule has 2 aliphatic carbocycles. The number of H-pyrrole nitrogens is 1. The molecule has 5 nitrogen and oxygen atoms in total. The quantitative estimate of drug-likeness (QED) is 0.748. The number of carbonyl (C=O) groups excluding carboxylic acids is 1. The molecule has 0 saturated heterocycles. The maximum Gasteiger partial charge on any atom is 0.130 e. The first-order chi connectivity index (χ1) is 9.48. The van der Waals surface area contributed by atoms with E-state index in [0.717, 1.165) is 36.1 Å². The number of aliphatic hydroxyl groups is 2. The summed E-state index contributed by atoms with van der Waals surface area (Å²) in [7, 11) is 0. The highest BCUT2D eigenvalue weighted by molar-refractivity contribution is 5.85. The molecule has 0 spiro atoms. The first kappa shape index (κ1) is 16.0. The summed E-state index contributed by atoms with van der Waals surface area (Å²) >= 11 is 0. The molecule has 3 N–H and O–H groups in total. The van der Waals surface area contributed by atoms with Gasteiger partial charge in [0.1, 0.15) is 6.29 Å². The number of aldehydes is 1. The summed E-state index contributed by atoms with van der Waals surface area (Å²) in [4.78, 5) is 11.2. The highest BCUT2D eigenvalue weighted by Gasteiger charge is 2.51. The van der Waals surface area contributed by atoms with Crippen LogP contribution in [-0.4, -0.2) is 32.8 Å². The number of aromatic amines is 1. The van der Waals surface area contributed by atoms with Crippen LogP contribution in [0.1, 0.15) is 48.6 Å². The summed E-state index contributed by atoms with van der Waals surface area (Å²) in [6.07, 6.45) is 2.63. The number of allylic oxidation sites excluding steroid dienone is 1. The summed E-state index contributed by atoms with van der Waals surface area (Å²) < 4.78 is 0. The first-order valence-electron chi connectivity index (χ1n) is 7.07. The van der Waals surface area contributed by atoms with Gasteiger partial charge in [-0.15, -0.1) is 12.4 Å². The lowest BCUT2D eigenvalue weighted by Gasteiger charge is -2.31. The largest absolute Gasteiger partial charge is 0.512 e. The maximum absolute atomic E-state index is 11.2. The molecule has 0 radical (unpaired) electrons. The summed E-state index contributed by atoms with van der Waals surface area (Å²) in [5.41, 5.74) is 2.93. The minimum Gasteiger partial charge on any atom is -0.512 e. The second kappa shape index (κ2) is 5.46. The van der Waals surface area contributed by atoms with Crippen molar-refractivity contribution in [3.63, 3.8) is 0 Å². The number of hydrogen-bond acceptors (Lipinski definition) is 4. The Hall–Kier alpha value is -1.33. The first-order valence-corrected chi connectivity index (χ1v) is 7.07. The fourth-order valence-electron chi connectivity index (χ4n) is 3.59. The molecule has 1 aromatic rings. The van der Waals surface area contributed by atoms with Gasteiger partial charge in [-0.05, 0) is 44.6 Å². The van der Waals surface area contributed by atoms with Crippen LogP contribution in [0.2, 0.25) is 0 Å². The van der Waals surface area contributed by atoms with Gasteiger partial charge in [0.05, 0.1) is 23.0 Å². The van der Waals surface area contributed by atoms with E-state index in [-0.39, 0.29) is 24.1 Å². The average Bonchev–Trinajstić information content (AvgIpc) is 3.09. The van der Waals surface area contributed by atoms with E-state index in [1.807, 2.05) is 13.8 Å². The zero-order valence-electron chi connectivity index (χ0n) is 12.2. The van der Waals surface area contributed by atoms with Gasteiger partial charge in [0, 0.05) is 17.7 Å².